The minimum atomic E-state index is -4.49. The van der Waals surface area contributed by atoms with Crippen LogP contribution in [-0.4, -0.2) is 19.1 Å². The van der Waals surface area contributed by atoms with Gasteiger partial charge in [-0.25, -0.2) is 0 Å². The van der Waals surface area contributed by atoms with Crippen LogP contribution in [0.4, 0.5) is 13.2 Å². The Labute approximate surface area is 148 Å². The number of rotatable bonds is 6. The number of amides is 1. The summed E-state index contributed by atoms with van der Waals surface area (Å²) in [5, 5.41) is 3.15. The van der Waals surface area contributed by atoms with E-state index in [0.29, 0.717) is 17.2 Å². The fourth-order valence-electron chi connectivity index (χ4n) is 2.23. The van der Waals surface area contributed by atoms with Gasteiger partial charge in [0.25, 0.3) is 5.91 Å². The highest BCUT2D eigenvalue weighted by molar-refractivity contribution is 6.30. The molecular weight excluding hydrogens is 355 g/mol. The lowest BCUT2D eigenvalue weighted by molar-refractivity contribution is -0.137. The van der Waals surface area contributed by atoms with E-state index < -0.39 is 17.6 Å². The molecule has 0 aliphatic carbocycles. The summed E-state index contributed by atoms with van der Waals surface area (Å²) in [7, 11) is 0. The second kappa shape index (κ2) is 8.36. The van der Waals surface area contributed by atoms with E-state index in [-0.39, 0.29) is 18.7 Å². The Morgan fingerprint density at radius 3 is 2.64 bits per heavy atom. The summed E-state index contributed by atoms with van der Waals surface area (Å²) in [6.07, 6.45) is -4.49. The number of halogens is 4. The van der Waals surface area contributed by atoms with Gasteiger partial charge in [-0.05, 0) is 48.4 Å². The van der Waals surface area contributed by atoms with E-state index >= 15 is 0 Å². The number of hydrogen-bond acceptors (Lipinski definition) is 2. The third-order valence-electron chi connectivity index (χ3n) is 3.36. The maximum absolute atomic E-state index is 12.8. The second-order valence-corrected chi connectivity index (χ2v) is 5.96. The van der Waals surface area contributed by atoms with Crippen LogP contribution in [0.25, 0.3) is 0 Å². The summed E-state index contributed by atoms with van der Waals surface area (Å²) in [6, 6.07) is 10.4. The Kier molecular flexibility index (Phi) is 6.45. The third kappa shape index (κ3) is 6.07. The van der Waals surface area contributed by atoms with Gasteiger partial charge in [-0.2, -0.15) is 13.2 Å². The van der Waals surface area contributed by atoms with E-state index in [0.717, 1.165) is 17.7 Å². The van der Waals surface area contributed by atoms with Crippen molar-refractivity contribution in [1.82, 2.24) is 5.32 Å². The molecule has 25 heavy (non-hydrogen) atoms. The Morgan fingerprint density at radius 1 is 1.20 bits per heavy atom. The fourth-order valence-corrected chi connectivity index (χ4v) is 2.45. The molecule has 0 aliphatic rings. The number of carbonyl (C=O) groups is 1. The number of ether oxygens (including phenoxy) is 1. The molecule has 134 valence electrons. The number of nitrogens with one attached hydrogen (secondary N) is 1. The quantitative estimate of drug-likeness (QED) is 0.753. The molecule has 0 fully saturated rings. The first kappa shape index (κ1) is 19.3. The van der Waals surface area contributed by atoms with Crippen LogP contribution in [0.15, 0.2) is 42.5 Å². The zero-order chi connectivity index (χ0) is 18.4. The van der Waals surface area contributed by atoms with Gasteiger partial charge in [0.05, 0.1) is 18.8 Å². The normalized spacial score (nSPS) is 11.4. The average molecular weight is 372 g/mol. The Bertz CT molecular complexity index is 747. The smallest absolute Gasteiger partial charge is 0.375 e. The van der Waals surface area contributed by atoms with Crippen molar-refractivity contribution in [2.45, 2.75) is 19.7 Å². The number of benzene rings is 2. The van der Waals surface area contributed by atoms with Crippen molar-refractivity contribution in [1.29, 1.82) is 0 Å². The van der Waals surface area contributed by atoms with Gasteiger partial charge in [-0.15, -0.1) is 0 Å². The second-order valence-electron chi connectivity index (χ2n) is 5.52. The van der Waals surface area contributed by atoms with Gasteiger partial charge in [-0.1, -0.05) is 23.7 Å². The highest BCUT2D eigenvalue weighted by Crippen LogP contribution is 2.30. The van der Waals surface area contributed by atoms with E-state index in [4.69, 9.17) is 16.3 Å². The van der Waals surface area contributed by atoms with Crippen molar-refractivity contribution >= 4 is 17.5 Å². The molecule has 0 saturated heterocycles. The fraction of sp³-hybridized carbons (Fsp3) is 0.278. The molecule has 0 radical (unpaired) electrons. The maximum Gasteiger partial charge on any atom is 0.416 e. The molecule has 0 aliphatic heterocycles. The molecule has 2 rings (SSSR count). The van der Waals surface area contributed by atoms with Crippen molar-refractivity contribution in [3.05, 3.63) is 69.7 Å². The van der Waals surface area contributed by atoms with Crippen LogP contribution < -0.4 is 5.32 Å². The lowest BCUT2D eigenvalue weighted by atomic mass is 10.1. The SMILES string of the molecule is Cc1cc(C(=O)NCCOCc2cccc(Cl)c2)cc(C(F)(F)F)c1. The predicted octanol–water partition coefficient (Wildman–Crippen LogP) is 4.61. The topological polar surface area (TPSA) is 38.3 Å². The van der Waals surface area contributed by atoms with Gasteiger partial charge in [0.15, 0.2) is 0 Å². The lowest BCUT2D eigenvalue weighted by Crippen LogP contribution is -2.27. The number of hydrogen-bond donors (Lipinski definition) is 1. The average Bonchev–Trinajstić information content (AvgIpc) is 2.53. The van der Waals surface area contributed by atoms with Gasteiger partial charge < -0.3 is 10.1 Å². The summed E-state index contributed by atoms with van der Waals surface area (Å²) >= 11 is 5.86. The van der Waals surface area contributed by atoms with Gasteiger partial charge >= 0.3 is 6.18 Å². The molecule has 0 spiro atoms. The van der Waals surface area contributed by atoms with E-state index in [1.165, 1.54) is 13.0 Å². The largest absolute Gasteiger partial charge is 0.416 e. The van der Waals surface area contributed by atoms with Crippen LogP contribution in [0.5, 0.6) is 0 Å². The summed E-state index contributed by atoms with van der Waals surface area (Å²) < 4.78 is 43.8. The summed E-state index contributed by atoms with van der Waals surface area (Å²) in [4.78, 5) is 12.0. The molecule has 0 unspecified atom stereocenters. The first-order chi connectivity index (χ1) is 11.8. The Morgan fingerprint density at radius 2 is 1.96 bits per heavy atom. The van der Waals surface area contributed by atoms with Gasteiger partial charge in [0, 0.05) is 17.1 Å². The zero-order valence-corrected chi connectivity index (χ0v) is 14.2. The van der Waals surface area contributed by atoms with E-state index in [1.54, 1.807) is 18.2 Å². The molecule has 0 atom stereocenters. The molecule has 1 N–H and O–H groups in total. The Balaban J connectivity index is 1.83. The molecule has 2 aromatic rings. The first-order valence-electron chi connectivity index (χ1n) is 7.55. The van der Waals surface area contributed by atoms with Crippen LogP contribution in [0.1, 0.15) is 27.0 Å². The molecule has 3 nitrogen and oxygen atoms in total. The van der Waals surface area contributed by atoms with Crippen molar-refractivity contribution in [3.63, 3.8) is 0 Å². The zero-order valence-electron chi connectivity index (χ0n) is 13.5. The molecule has 0 saturated carbocycles. The minimum Gasteiger partial charge on any atom is -0.375 e. The number of carbonyl (C=O) groups excluding carboxylic acids is 1. The molecular formula is C18H17ClF3NO2. The molecule has 0 aromatic heterocycles. The molecule has 0 bridgehead atoms. The highest BCUT2D eigenvalue weighted by atomic mass is 35.5. The van der Waals surface area contributed by atoms with E-state index in [1.807, 2.05) is 6.07 Å². The summed E-state index contributed by atoms with van der Waals surface area (Å²) in [6.45, 7) is 2.27. The number of aryl methyl sites for hydroxylation is 1. The van der Waals surface area contributed by atoms with Crippen LogP contribution in [0, 0.1) is 6.92 Å². The van der Waals surface area contributed by atoms with E-state index in [2.05, 4.69) is 5.32 Å². The van der Waals surface area contributed by atoms with Gasteiger partial charge in [0.1, 0.15) is 0 Å². The third-order valence-corrected chi connectivity index (χ3v) is 3.59. The van der Waals surface area contributed by atoms with Crippen LogP contribution in [0.3, 0.4) is 0 Å². The molecule has 0 heterocycles. The predicted molar refractivity (Wildman–Crippen MR) is 89.6 cm³/mol. The maximum atomic E-state index is 12.8. The summed E-state index contributed by atoms with van der Waals surface area (Å²) in [5.41, 5.74) is 0.404. The monoisotopic (exact) mass is 371 g/mol. The van der Waals surface area contributed by atoms with Crippen LogP contribution in [0.2, 0.25) is 5.02 Å². The van der Waals surface area contributed by atoms with Crippen molar-refractivity contribution < 1.29 is 22.7 Å². The number of alkyl halides is 3. The van der Waals surface area contributed by atoms with Crippen LogP contribution in [-0.2, 0) is 17.5 Å². The van der Waals surface area contributed by atoms with Crippen molar-refractivity contribution in [2.24, 2.45) is 0 Å². The van der Waals surface area contributed by atoms with Crippen molar-refractivity contribution in [2.75, 3.05) is 13.2 Å². The molecule has 1 amide bonds. The molecule has 7 heteroatoms. The lowest BCUT2D eigenvalue weighted by Gasteiger charge is -2.11. The van der Waals surface area contributed by atoms with Gasteiger partial charge in [0.2, 0.25) is 0 Å². The standard InChI is InChI=1S/C18H17ClF3NO2/c1-12-7-14(10-15(8-12)18(20,21)22)17(24)23-5-6-25-11-13-3-2-4-16(19)9-13/h2-4,7-10H,5-6,11H2,1H3,(H,23,24). The summed E-state index contributed by atoms with van der Waals surface area (Å²) in [5.74, 6) is -0.569. The van der Waals surface area contributed by atoms with Crippen LogP contribution >= 0.6 is 11.6 Å². The first-order valence-corrected chi connectivity index (χ1v) is 7.93. The van der Waals surface area contributed by atoms with E-state index in [9.17, 15) is 18.0 Å². The van der Waals surface area contributed by atoms with Crippen molar-refractivity contribution in [3.8, 4) is 0 Å². The highest BCUT2D eigenvalue weighted by Gasteiger charge is 2.31. The Hall–Kier alpha value is -2.05. The van der Waals surface area contributed by atoms with Gasteiger partial charge in [-0.3, -0.25) is 4.79 Å². The minimum absolute atomic E-state index is 0.0258. The molecule has 2 aromatic carbocycles.